The maximum Gasteiger partial charge on any atom is 0.410 e. The van der Waals surface area contributed by atoms with Gasteiger partial charge in [-0.15, -0.1) is 0 Å². The Morgan fingerprint density at radius 2 is 1.71 bits per heavy atom. The number of rotatable bonds is 5. The smallest absolute Gasteiger partial charge is 0.410 e. The minimum Gasteiger partial charge on any atom is -0.444 e. The zero-order chi connectivity index (χ0) is 18.0. The maximum absolute atomic E-state index is 12.0. The van der Waals surface area contributed by atoms with E-state index in [2.05, 4.69) is 0 Å². The summed E-state index contributed by atoms with van der Waals surface area (Å²) in [6.45, 7) is 7.12. The van der Waals surface area contributed by atoms with Gasteiger partial charge in [-0.05, 0) is 52.4 Å². The molecular formula is C16H29NO6S. The Morgan fingerprint density at radius 3 is 2.21 bits per heavy atom. The zero-order valence-corrected chi connectivity index (χ0v) is 15.8. The van der Waals surface area contributed by atoms with Gasteiger partial charge in [-0.3, -0.25) is 4.18 Å². The lowest BCUT2D eigenvalue weighted by Gasteiger charge is -2.39. The largest absolute Gasteiger partial charge is 0.444 e. The van der Waals surface area contributed by atoms with Crippen LogP contribution in [-0.4, -0.2) is 63.2 Å². The van der Waals surface area contributed by atoms with Crippen molar-refractivity contribution < 1.29 is 26.9 Å². The van der Waals surface area contributed by atoms with Crippen molar-refractivity contribution in [2.75, 3.05) is 26.0 Å². The van der Waals surface area contributed by atoms with Gasteiger partial charge < -0.3 is 14.4 Å². The number of carbonyl (C=O) groups excluding carboxylic acids is 1. The van der Waals surface area contributed by atoms with Gasteiger partial charge >= 0.3 is 6.09 Å². The molecule has 24 heavy (non-hydrogen) atoms. The highest BCUT2D eigenvalue weighted by Gasteiger charge is 2.34. The van der Waals surface area contributed by atoms with Gasteiger partial charge in [-0.2, -0.15) is 8.42 Å². The summed E-state index contributed by atoms with van der Waals surface area (Å²) in [5.41, 5.74) is -0.473. The van der Waals surface area contributed by atoms with Crippen LogP contribution in [0.3, 0.4) is 0 Å². The molecule has 0 unspecified atom stereocenters. The van der Waals surface area contributed by atoms with Gasteiger partial charge in [0.05, 0.1) is 25.1 Å². The second kappa shape index (κ2) is 7.58. The number of piperidine rings is 1. The number of ether oxygens (including phenoxy) is 2. The van der Waals surface area contributed by atoms with Gasteiger partial charge in [0.15, 0.2) is 0 Å². The van der Waals surface area contributed by atoms with Crippen LogP contribution in [0.2, 0.25) is 0 Å². The molecule has 0 N–H and O–H groups in total. The Morgan fingerprint density at radius 1 is 1.12 bits per heavy atom. The molecule has 1 aliphatic carbocycles. The standard InChI is InChI=1S/C16H29NO6S/c1-16(2,3)23-15(18)17-7-5-13(6-8-17)22-14-9-12(10-14)11-21-24(4,19)20/h12-14H,5-11H2,1-4H3/t12-,14-. The molecule has 2 rings (SSSR count). The first-order valence-corrected chi connectivity index (χ1v) is 10.3. The fourth-order valence-electron chi connectivity index (χ4n) is 2.91. The van der Waals surface area contributed by atoms with E-state index in [0.29, 0.717) is 13.1 Å². The van der Waals surface area contributed by atoms with Crippen LogP contribution in [0.15, 0.2) is 0 Å². The molecule has 0 radical (unpaired) electrons. The Labute approximate surface area is 144 Å². The Kier molecular flexibility index (Phi) is 6.14. The van der Waals surface area contributed by atoms with Gasteiger partial charge in [0, 0.05) is 13.1 Å². The Hall–Kier alpha value is -0.860. The average Bonchev–Trinajstić information content (AvgIpc) is 2.38. The molecular weight excluding hydrogens is 334 g/mol. The second-order valence-corrected chi connectivity index (χ2v) is 9.39. The lowest BCUT2D eigenvalue weighted by Crippen LogP contribution is -2.45. The summed E-state index contributed by atoms with van der Waals surface area (Å²) < 4.78 is 38.1. The van der Waals surface area contributed by atoms with Crippen molar-refractivity contribution in [1.29, 1.82) is 0 Å². The molecule has 1 amide bonds. The average molecular weight is 363 g/mol. The van der Waals surface area contributed by atoms with E-state index in [1.165, 1.54) is 0 Å². The zero-order valence-electron chi connectivity index (χ0n) is 15.0. The van der Waals surface area contributed by atoms with E-state index in [4.69, 9.17) is 13.7 Å². The summed E-state index contributed by atoms with van der Waals surface area (Å²) in [6, 6.07) is 0. The normalized spacial score (nSPS) is 26.1. The summed E-state index contributed by atoms with van der Waals surface area (Å²) in [5, 5.41) is 0. The quantitative estimate of drug-likeness (QED) is 0.696. The third-order valence-electron chi connectivity index (χ3n) is 4.19. The van der Waals surface area contributed by atoms with Gasteiger partial charge in [0.2, 0.25) is 0 Å². The molecule has 0 spiro atoms. The highest BCUT2D eigenvalue weighted by Crippen LogP contribution is 2.33. The van der Waals surface area contributed by atoms with Crippen molar-refractivity contribution in [3.63, 3.8) is 0 Å². The van der Waals surface area contributed by atoms with E-state index >= 15 is 0 Å². The lowest BCUT2D eigenvalue weighted by molar-refractivity contribution is -0.0988. The molecule has 1 aliphatic heterocycles. The molecule has 140 valence electrons. The fourth-order valence-corrected chi connectivity index (χ4v) is 3.35. The van der Waals surface area contributed by atoms with E-state index in [9.17, 15) is 13.2 Å². The number of hydrogen-bond acceptors (Lipinski definition) is 6. The van der Waals surface area contributed by atoms with E-state index in [-0.39, 0.29) is 30.8 Å². The topological polar surface area (TPSA) is 82.1 Å². The second-order valence-electron chi connectivity index (χ2n) is 7.75. The summed E-state index contributed by atoms with van der Waals surface area (Å²) in [5.74, 6) is 0.256. The molecule has 0 aromatic heterocycles. The maximum atomic E-state index is 12.0. The molecule has 2 fully saturated rings. The molecule has 1 saturated carbocycles. The van der Waals surface area contributed by atoms with Crippen molar-refractivity contribution >= 4 is 16.2 Å². The van der Waals surface area contributed by atoms with E-state index in [0.717, 1.165) is 31.9 Å². The minimum atomic E-state index is -3.36. The molecule has 2 aliphatic rings. The molecule has 0 aromatic carbocycles. The molecule has 1 heterocycles. The minimum absolute atomic E-state index is 0.158. The van der Waals surface area contributed by atoms with E-state index < -0.39 is 15.7 Å². The monoisotopic (exact) mass is 363 g/mol. The van der Waals surface area contributed by atoms with E-state index in [1.54, 1.807) is 4.90 Å². The van der Waals surface area contributed by atoms with Crippen LogP contribution in [0.25, 0.3) is 0 Å². The van der Waals surface area contributed by atoms with Crippen molar-refractivity contribution in [3.8, 4) is 0 Å². The van der Waals surface area contributed by atoms with Crippen LogP contribution in [-0.2, 0) is 23.8 Å². The number of likely N-dealkylation sites (tertiary alicyclic amines) is 1. The molecule has 0 aromatic rings. The third-order valence-corrected chi connectivity index (χ3v) is 4.75. The summed E-state index contributed by atoms with van der Waals surface area (Å²) >= 11 is 0. The first kappa shape index (κ1) is 19.5. The first-order valence-electron chi connectivity index (χ1n) is 8.49. The van der Waals surface area contributed by atoms with Crippen LogP contribution >= 0.6 is 0 Å². The van der Waals surface area contributed by atoms with Gasteiger partial charge in [0.1, 0.15) is 5.60 Å². The van der Waals surface area contributed by atoms with Crippen LogP contribution in [0.1, 0.15) is 46.5 Å². The number of hydrogen-bond donors (Lipinski definition) is 0. The SMILES string of the molecule is CC(C)(C)OC(=O)N1CCC(O[C@H]2C[C@H](COS(C)(=O)=O)C2)CC1. The first-order chi connectivity index (χ1) is 11.0. The van der Waals surface area contributed by atoms with Gasteiger partial charge in [-0.25, -0.2) is 4.79 Å². The predicted octanol–water partition coefficient (Wildman–Crippen LogP) is 2.16. The molecule has 1 saturated heterocycles. The van der Waals surface area contributed by atoms with E-state index in [1.807, 2.05) is 20.8 Å². The molecule has 8 heteroatoms. The van der Waals surface area contributed by atoms with Crippen molar-refractivity contribution in [1.82, 2.24) is 4.90 Å². The summed E-state index contributed by atoms with van der Waals surface area (Å²) in [4.78, 5) is 13.7. The summed E-state index contributed by atoms with van der Waals surface area (Å²) in [6.07, 6.45) is 4.42. The molecule has 7 nitrogen and oxygen atoms in total. The Balaban J connectivity index is 1.62. The van der Waals surface area contributed by atoms with Crippen LogP contribution < -0.4 is 0 Å². The molecule has 0 bridgehead atoms. The third kappa shape index (κ3) is 6.57. The van der Waals surface area contributed by atoms with Crippen molar-refractivity contribution in [3.05, 3.63) is 0 Å². The highest BCUT2D eigenvalue weighted by atomic mass is 32.2. The van der Waals surface area contributed by atoms with Gasteiger partial charge in [0.25, 0.3) is 10.1 Å². The van der Waals surface area contributed by atoms with Crippen molar-refractivity contribution in [2.45, 2.75) is 64.3 Å². The predicted molar refractivity (Wildman–Crippen MR) is 89.2 cm³/mol. The van der Waals surface area contributed by atoms with Crippen LogP contribution in [0.5, 0.6) is 0 Å². The number of amides is 1. The number of carbonyl (C=O) groups is 1. The van der Waals surface area contributed by atoms with Crippen molar-refractivity contribution in [2.24, 2.45) is 5.92 Å². The van der Waals surface area contributed by atoms with Crippen LogP contribution in [0, 0.1) is 5.92 Å². The lowest BCUT2D eigenvalue weighted by atomic mass is 9.83. The Bertz CT molecular complexity index is 527. The highest BCUT2D eigenvalue weighted by molar-refractivity contribution is 7.85. The van der Waals surface area contributed by atoms with Crippen LogP contribution in [0.4, 0.5) is 4.79 Å². The van der Waals surface area contributed by atoms with Gasteiger partial charge in [-0.1, -0.05) is 0 Å². The summed E-state index contributed by atoms with van der Waals surface area (Å²) in [7, 11) is -3.36. The molecule has 0 atom stereocenters. The number of nitrogens with zero attached hydrogens (tertiary/aromatic N) is 1. The fraction of sp³-hybridized carbons (Fsp3) is 0.938.